The van der Waals surface area contributed by atoms with Crippen LogP contribution < -0.4 is 0 Å². The van der Waals surface area contributed by atoms with Gasteiger partial charge in [0.1, 0.15) is 7.85 Å². The van der Waals surface area contributed by atoms with E-state index in [-0.39, 0.29) is 5.92 Å². The lowest BCUT2D eigenvalue weighted by atomic mass is 9.79. The van der Waals surface area contributed by atoms with Gasteiger partial charge in [0.25, 0.3) is 0 Å². The fourth-order valence-corrected chi connectivity index (χ4v) is 1.06. The predicted octanol–water partition coefficient (Wildman–Crippen LogP) is 0.499. The topological polar surface area (TPSA) is 44.0 Å². The highest BCUT2D eigenvalue weighted by molar-refractivity contribution is 6.22. The number of hydrogen-bond acceptors (Lipinski definition) is 2. The third-order valence-electron chi connectivity index (χ3n) is 1.73. The van der Waals surface area contributed by atoms with E-state index in [9.17, 15) is 5.11 Å². The molecule has 3 heteroatoms. The van der Waals surface area contributed by atoms with E-state index in [0.717, 1.165) is 0 Å². The Labute approximate surface area is 67.2 Å². The number of aliphatic hydroxyl groups excluding tert-OH is 1. The van der Waals surface area contributed by atoms with Crippen LogP contribution >= 0.6 is 0 Å². The molecule has 0 aliphatic heterocycles. The van der Waals surface area contributed by atoms with Crippen LogP contribution in [0.15, 0.2) is 23.2 Å². The number of hydrogen-bond donors (Lipinski definition) is 1. The smallest absolute Gasteiger partial charge is 0.111 e. The molecule has 0 spiro atoms. The summed E-state index contributed by atoms with van der Waals surface area (Å²) >= 11 is 0. The third-order valence-corrected chi connectivity index (χ3v) is 1.73. The van der Waals surface area contributed by atoms with Gasteiger partial charge in [-0.25, -0.2) is 0 Å². The normalized spacial score (nSPS) is 30.3. The van der Waals surface area contributed by atoms with E-state index in [1.807, 2.05) is 13.0 Å². The monoisotopic (exact) mass is 145 g/mol. The van der Waals surface area contributed by atoms with E-state index in [1.165, 1.54) is 6.08 Å². The van der Waals surface area contributed by atoms with Gasteiger partial charge < -0.3 is 5.11 Å². The molecule has 0 saturated carbocycles. The standard InChI is InChI=1S/C8H8BNO/c1-5-2-6(4-10)3-7(9)8(5)11/h2-3,5,8,11H,1H3/t5?,8-/m0/s1. The summed E-state index contributed by atoms with van der Waals surface area (Å²) in [5.41, 5.74) is 0.900. The Morgan fingerprint density at radius 3 is 2.82 bits per heavy atom. The van der Waals surface area contributed by atoms with Gasteiger partial charge in [-0.1, -0.05) is 24.5 Å². The van der Waals surface area contributed by atoms with Crippen LogP contribution in [0.5, 0.6) is 0 Å². The molecule has 2 radical (unpaired) electrons. The van der Waals surface area contributed by atoms with E-state index in [2.05, 4.69) is 0 Å². The van der Waals surface area contributed by atoms with Crippen LogP contribution in [0.1, 0.15) is 6.92 Å². The van der Waals surface area contributed by atoms with Crippen molar-refractivity contribution in [2.75, 3.05) is 0 Å². The van der Waals surface area contributed by atoms with Gasteiger partial charge in [0.15, 0.2) is 0 Å². The highest BCUT2D eigenvalue weighted by atomic mass is 16.3. The van der Waals surface area contributed by atoms with Crippen molar-refractivity contribution in [2.24, 2.45) is 5.92 Å². The second kappa shape index (κ2) is 2.94. The highest BCUT2D eigenvalue weighted by Gasteiger charge is 2.17. The van der Waals surface area contributed by atoms with Gasteiger partial charge in [0.2, 0.25) is 0 Å². The SMILES string of the molecule is [B]C1=CC(C#N)=CC(C)[C@@H]1O. The first-order valence-corrected chi connectivity index (χ1v) is 3.42. The van der Waals surface area contributed by atoms with E-state index in [4.69, 9.17) is 13.1 Å². The van der Waals surface area contributed by atoms with Crippen LogP contribution in [0, 0.1) is 17.2 Å². The summed E-state index contributed by atoms with van der Waals surface area (Å²) < 4.78 is 0. The first kappa shape index (κ1) is 8.09. The lowest BCUT2D eigenvalue weighted by Gasteiger charge is -2.20. The molecule has 54 valence electrons. The molecule has 0 bridgehead atoms. The van der Waals surface area contributed by atoms with Gasteiger partial charge in [-0.2, -0.15) is 5.26 Å². The minimum atomic E-state index is -0.632. The molecule has 0 aromatic carbocycles. The molecule has 1 unspecified atom stereocenters. The average Bonchev–Trinajstić information content (AvgIpc) is 1.99. The minimum Gasteiger partial charge on any atom is -0.389 e. The molecule has 0 saturated heterocycles. The van der Waals surface area contributed by atoms with Crippen LogP contribution in [-0.4, -0.2) is 19.1 Å². The van der Waals surface area contributed by atoms with Crippen molar-refractivity contribution >= 4 is 7.85 Å². The van der Waals surface area contributed by atoms with Crippen molar-refractivity contribution in [1.82, 2.24) is 0 Å². The summed E-state index contributed by atoms with van der Waals surface area (Å²) in [7, 11) is 5.45. The number of rotatable bonds is 0. The van der Waals surface area contributed by atoms with Gasteiger partial charge in [-0.15, -0.1) is 0 Å². The summed E-state index contributed by atoms with van der Waals surface area (Å²) in [4.78, 5) is 0. The first-order chi connectivity index (χ1) is 5.15. The Morgan fingerprint density at radius 2 is 2.36 bits per heavy atom. The molecule has 11 heavy (non-hydrogen) atoms. The Hall–Kier alpha value is -1.01. The van der Waals surface area contributed by atoms with Crippen LogP contribution in [-0.2, 0) is 0 Å². The molecule has 0 amide bonds. The summed E-state index contributed by atoms with van der Waals surface area (Å²) in [5, 5.41) is 17.8. The van der Waals surface area contributed by atoms with Gasteiger partial charge in [-0.3, -0.25) is 0 Å². The Bertz CT molecular complexity index is 262. The molecular formula is C8H8BNO. The number of nitriles is 1. The molecule has 0 fully saturated rings. The summed E-state index contributed by atoms with van der Waals surface area (Å²) in [6.45, 7) is 1.82. The fraction of sp³-hybridized carbons (Fsp3) is 0.375. The van der Waals surface area contributed by atoms with Gasteiger partial charge in [0.05, 0.1) is 12.2 Å². The summed E-state index contributed by atoms with van der Waals surface area (Å²) in [6.07, 6.45) is 2.58. The van der Waals surface area contributed by atoms with Crippen molar-refractivity contribution in [3.05, 3.63) is 23.2 Å². The number of nitrogens with zero attached hydrogens (tertiary/aromatic N) is 1. The zero-order valence-electron chi connectivity index (χ0n) is 6.28. The Kier molecular flexibility index (Phi) is 2.16. The maximum atomic E-state index is 9.31. The van der Waals surface area contributed by atoms with E-state index >= 15 is 0 Å². The number of aliphatic hydroxyl groups is 1. The van der Waals surface area contributed by atoms with Gasteiger partial charge >= 0.3 is 0 Å². The van der Waals surface area contributed by atoms with E-state index < -0.39 is 6.10 Å². The molecular weight excluding hydrogens is 137 g/mol. The van der Waals surface area contributed by atoms with Crippen molar-refractivity contribution in [1.29, 1.82) is 5.26 Å². The quantitative estimate of drug-likeness (QED) is 0.504. The zero-order chi connectivity index (χ0) is 8.43. The summed E-state index contributed by atoms with van der Waals surface area (Å²) in [5.74, 6) is -0.0605. The minimum absolute atomic E-state index is 0.0605. The van der Waals surface area contributed by atoms with Crippen molar-refractivity contribution in [3.63, 3.8) is 0 Å². The average molecular weight is 145 g/mol. The Balaban J connectivity index is 2.93. The van der Waals surface area contributed by atoms with Gasteiger partial charge in [0, 0.05) is 11.5 Å². The molecule has 0 aromatic heterocycles. The van der Waals surface area contributed by atoms with Gasteiger partial charge in [-0.05, 0) is 0 Å². The van der Waals surface area contributed by atoms with Crippen LogP contribution in [0.4, 0.5) is 0 Å². The highest BCUT2D eigenvalue weighted by Crippen LogP contribution is 2.20. The predicted molar refractivity (Wildman–Crippen MR) is 42.7 cm³/mol. The maximum Gasteiger partial charge on any atom is 0.111 e. The maximum absolute atomic E-state index is 9.31. The molecule has 1 rings (SSSR count). The lowest BCUT2D eigenvalue weighted by molar-refractivity contribution is 0.178. The lowest BCUT2D eigenvalue weighted by Crippen LogP contribution is -2.21. The van der Waals surface area contributed by atoms with Crippen molar-refractivity contribution in [3.8, 4) is 6.07 Å². The first-order valence-electron chi connectivity index (χ1n) is 3.42. The number of allylic oxidation sites excluding steroid dienone is 2. The van der Waals surface area contributed by atoms with Crippen LogP contribution in [0.25, 0.3) is 0 Å². The molecule has 0 heterocycles. The van der Waals surface area contributed by atoms with Crippen molar-refractivity contribution in [2.45, 2.75) is 13.0 Å². The van der Waals surface area contributed by atoms with Crippen LogP contribution in [0.3, 0.4) is 0 Å². The fourth-order valence-electron chi connectivity index (χ4n) is 1.06. The largest absolute Gasteiger partial charge is 0.389 e. The second-order valence-corrected chi connectivity index (χ2v) is 2.68. The summed E-state index contributed by atoms with van der Waals surface area (Å²) in [6, 6.07) is 1.98. The molecule has 2 atom stereocenters. The molecule has 1 aliphatic rings. The Morgan fingerprint density at radius 1 is 1.73 bits per heavy atom. The third kappa shape index (κ3) is 1.52. The van der Waals surface area contributed by atoms with Crippen LogP contribution in [0.2, 0.25) is 0 Å². The van der Waals surface area contributed by atoms with E-state index in [0.29, 0.717) is 11.0 Å². The zero-order valence-corrected chi connectivity index (χ0v) is 6.28. The molecule has 2 nitrogen and oxygen atoms in total. The second-order valence-electron chi connectivity index (χ2n) is 2.68. The molecule has 1 aliphatic carbocycles. The van der Waals surface area contributed by atoms with E-state index in [1.54, 1.807) is 6.08 Å². The molecule has 0 aromatic rings. The van der Waals surface area contributed by atoms with Crippen molar-refractivity contribution < 1.29 is 5.11 Å². The molecule has 1 N–H and O–H groups in total.